The fourth-order valence-corrected chi connectivity index (χ4v) is 2.73. The Balaban J connectivity index is 1.88. The van der Waals surface area contributed by atoms with Crippen molar-refractivity contribution in [1.82, 2.24) is 4.90 Å². The Morgan fingerprint density at radius 3 is 2.40 bits per heavy atom. The van der Waals surface area contributed by atoms with Gasteiger partial charge in [-0.1, -0.05) is 18.6 Å². The molecule has 20 heavy (non-hydrogen) atoms. The smallest absolute Gasteiger partial charge is 0.224 e. The van der Waals surface area contributed by atoms with Crippen LogP contribution in [0, 0.1) is 5.41 Å². The van der Waals surface area contributed by atoms with E-state index in [0.29, 0.717) is 13.0 Å². The van der Waals surface area contributed by atoms with E-state index in [1.54, 1.807) is 0 Å². The minimum Gasteiger partial charge on any atom is -0.330 e. The lowest BCUT2D eigenvalue weighted by molar-refractivity contribution is -0.119. The molecule has 0 aromatic heterocycles. The molecule has 4 heteroatoms. The summed E-state index contributed by atoms with van der Waals surface area (Å²) < 4.78 is 0. The monoisotopic (exact) mass is 275 g/mol. The van der Waals surface area contributed by atoms with Gasteiger partial charge in [-0.2, -0.15) is 0 Å². The van der Waals surface area contributed by atoms with E-state index in [0.717, 1.165) is 25.1 Å². The molecule has 1 fully saturated rings. The predicted molar refractivity (Wildman–Crippen MR) is 82.4 cm³/mol. The van der Waals surface area contributed by atoms with E-state index in [-0.39, 0.29) is 11.3 Å². The number of benzene rings is 1. The van der Waals surface area contributed by atoms with Crippen molar-refractivity contribution in [1.29, 1.82) is 0 Å². The third-order valence-electron chi connectivity index (χ3n) is 4.12. The van der Waals surface area contributed by atoms with Gasteiger partial charge < -0.3 is 16.0 Å². The Labute approximate surface area is 121 Å². The zero-order valence-electron chi connectivity index (χ0n) is 12.5. The molecule has 1 aliphatic rings. The summed E-state index contributed by atoms with van der Waals surface area (Å²) in [5.74, 6) is 0.0792. The molecule has 4 nitrogen and oxygen atoms in total. The minimum absolute atomic E-state index is 0.0644. The summed E-state index contributed by atoms with van der Waals surface area (Å²) in [6, 6.07) is 8.04. The quantitative estimate of drug-likeness (QED) is 0.837. The van der Waals surface area contributed by atoms with Crippen LogP contribution in [0.1, 0.15) is 31.2 Å². The number of nitrogens with zero attached hydrogens (tertiary/aromatic N) is 1. The molecule has 0 radical (unpaired) electrons. The highest BCUT2D eigenvalue weighted by molar-refractivity contribution is 5.91. The number of nitrogens with two attached hydrogens (primary N) is 1. The van der Waals surface area contributed by atoms with Gasteiger partial charge in [0.2, 0.25) is 5.91 Å². The van der Waals surface area contributed by atoms with Crippen LogP contribution in [-0.2, 0) is 11.3 Å². The first-order valence-corrected chi connectivity index (χ1v) is 7.27. The van der Waals surface area contributed by atoms with E-state index in [9.17, 15) is 4.79 Å². The van der Waals surface area contributed by atoms with Crippen LogP contribution in [0.25, 0.3) is 0 Å². The number of amides is 1. The van der Waals surface area contributed by atoms with Gasteiger partial charge in [0.15, 0.2) is 0 Å². The maximum Gasteiger partial charge on any atom is 0.224 e. The molecule has 0 heterocycles. The number of carbonyl (C=O) groups excluding carboxylic acids is 1. The summed E-state index contributed by atoms with van der Waals surface area (Å²) in [5, 5.41) is 2.97. The highest BCUT2D eigenvalue weighted by Crippen LogP contribution is 2.43. The second kappa shape index (κ2) is 6.37. The number of hydrogen-bond donors (Lipinski definition) is 2. The Kier molecular flexibility index (Phi) is 4.78. The predicted octanol–water partition coefficient (Wildman–Crippen LogP) is 2.21. The molecule has 1 aliphatic carbocycles. The van der Waals surface area contributed by atoms with Crippen molar-refractivity contribution in [2.45, 2.75) is 32.2 Å². The van der Waals surface area contributed by atoms with E-state index >= 15 is 0 Å². The van der Waals surface area contributed by atoms with Crippen molar-refractivity contribution in [2.24, 2.45) is 11.1 Å². The standard InChI is InChI=1S/C16H25N3O/c1-19(2)11-13-4-6-14(7-5-13)18-15(20)10-16(12-17)8-3-9-16/h4-7H,3,8-12,17H2,1-2H3,(H,18,20). The average molecular weight is 275 g/mol. The molecular formula is C16H25N3O. The van der Waals surface area contributed by atoms with Crippen LogP contribution in [0.3, 0.4) is 0 Å². The van der Waals surface area contributed by atoms with Gasteiger partial charge in [-0.25, -0.2) is 0 Å². The SMILES string of the molecule is CN(C)Cc1ccc(NC(=O)CC2(CN)CCC2)cc1. The first-order valence-electron chi connectivity index (χ1n) is 7.27. The van der Waals surface area contributed by atoms with Gasteiger partial charge in [-0.3, -0.25) is 4.79 Å². The molecule has 0 spiro atoms. The van der Waals surface area contributed by atoms with Gasteiger partial charge in [0.25, 0.3) is 0 Å². The molecule has 0 atom stereocenters. The Morgan fingerprint density at radius 2 is 1.95 bits per heavy atom. The Bertz CT molecular complexity index is 444. The lowest BCUT2D eigenvalue weighted by Gasteiger charge is -2.40. The Morgan fingerprint density at radius 1 is 1.30 bits per heavy atom. The molecule has 0 aliphatic heterocycles. The zero-order chi connectivity index (χ0) is 14.6. The third kappa shape index (κ3) is 3.81. The second-order valence-corrected chi connectivity index (χ2v) is 6.22. The van der Waals surface area contributed by atoms with Crippen molar-refractivity contribution >= 4 is 11.6 Å². The Hall–Kier alpha value is -1.39. The minimum atomic E-state index is 0.0644. The van der Waals surface area contributed by atoms with Gasteiger partial charge in [-0.15, -0.1) is 0 Å². The fraction of sp³-hybridized carbons (Fsp3) is 0.562. The first kappa shape index (κ1) is 15.0. The van der Waals surface area contributed by atoms with Gasteiger partial charge in [0.05, 0.1) is 0 Å². The summed E-state index contributed by atoms with van der Waals surface area (Å²) in [6.45, 7) is 1.52. The van der Waals surface area contributed by atoms with Gasteiger partial charge >= 0.3 is 0 Å². The molecule has 1 aromatic rings. The largest absolute Gasteiger partial charge is 0.330 e. The van der Waals surface area contributed by atoms with Crippen LogP contribution in [0.2, 0.25) is 0 Å². The molecular weight excluding hydrogens is 250 g/mol. The molecule has 3 N–H and O–H groups in total. The van der Waals surface area contributed by atoms with E-state index in [4.69, 9.17) is 5.73 Å². The van der Waals surface area contributed by atoms with Gasteiger partial charge in [0.1, 0.15) is 0 Å². The van der Waals surface area contributed by atoms with Crippen LogP contribution >= 0.6 is 0 Å². The zero-order valence-corrected chi connectivity index (χ0v) is 12.5. The molecule has 0 unspecified atom stereocenters. The van der Waals surface area contributed by atoms with E-state index in [1.807, 2.05) is 26.2 Å². The van der Waals surface area contributed by atoms with E-state index in [1.165, 1.54) is 12.0 Å². The van der Waals surface area contributed by atoms with Crippen molar-refractivity contribution in [3.8, 4) is 0 Å². The van der Waals surface area contributed by atoms with Crippen molar-refractivity contribution in [3.63, 3.8) is 0 Å². The fourth-order valence-electron chi connectivity index (χ4n) is 2.73. The lowest BCUT2D eigenvalue weighted by atomic mass is 9.66. The number of rotatable bonds is 6. The second-order valence-electron chi connectivity index (χ2n) is 6.22. The van der Waals surface area contributed by atoms with Crippen LogP contribution in [0.4, 0.5) is 5.69 Å². The van der Waals surface area contributed by atoms with Gasteiger partial charge in [-0.05, 0) is 56.6 Å². The molecule has 0 saturated heterocycles. The number of carbonyl (C=O) groups is 1. The summed E-state index contributed by atoms with van der Waals surface area (Å²) in [6.07, 6.45) is 3.91. The molecule has 1 saturated carbocycles. The number of anilines is 1. The maximum atomic E-state index is 12.1. The molecule has 1 aromatic carbocycles. The van der Waals surface area contributed by atoms with E-state index in [2.05, 4.69) is 22.3 Å². The van der Waals surface area contributed by atoms with Crippen molar-refractivity contribution in [2.75, 3.05) is 26.0 Å². The highest BCUT2D eigenvalue weighted by atomic mass is 16.1. The average Bonchev–Trinajstić information content (AvgIpc) is 2.36. The highest BCUT2D eigenvalue weighted by Gasteiger charge is 2.37. The number of hydrogen-bond acceptors (Lipinski definition) is 3. The van der Waals surface area contributed by atoms with Crippen LogP contribution in [0.15, 0.2) is 24.3 Å². The van der Waals surface area contributed by atoms with Crippen molar-refractivity contribution in [3.05, 3.63) is 29.8 Å². The molecule has 0 bridgehead atoms. The van der Waals surface area contributed by atoms with Crippen molar-refractivity contribution < 1.29 is 4.79 Å². The third-order valence-corrected chi connectivity index (χ3v) is 4.12. The van der Waals surface area contributed by atoms with E-state index < -0.39 is 0 Å². The topological polar surface area (TPSA) is 58.4 Å². The summed E-state index contributed by atoms with van der Waals surface area (Å²) in [7, 11) is 4.08. The molecule has 1 amide bonds. The molecule has 2 rings (SSSR count). The first-order chi connectivity index (χ1) is 9.53. The normalized spacial score (nSPS) is 16.8. The lowest BCUT2D eigenvalue weighted by Crippen LogP contribution is -2.40. The van der Waals surface area contributed by atoms with Crippen LogP contribution < -0.4 is 11.1 Å². The van der Waals surface area contributed by atoms with Crippen LogP contribution in [0.5, 0.6) is 0 Å². The summed E-state index contributed by atoms with van der Waals surface area (Å²) in [4.78, 5) is 14.2. The number of nitrogens with one attached hydrogen (secondary N) is 1. The summed E-state index contributed by atoms with van der Waals surface area (Å²) in [5.41, 5.74) is 7.96. The van der Waals surface area contributed by atoms with Crippen LogP contribution in [-0.4, -0.2) is 31.4 Å². The maximum absolute atomic E-state index is 12.1. The summed E-state index contributed by atoms with van der Waals surface area (Å²) >= 11 is 0. The molecule has 110 valence electrons. The van der Waals surface area contributed by atoms with Gasteiger partial charge in [0, 0.05) is 18.7 Å².